The van der Waals surface area contributed by atoms with Crippen molar-refractivity contribution in [2.75, 3.05) is 7.11 Å². The van der Waals surface area contributed by atoms with E-state index in [9.17, 15) is 4.79 Å². The van der Waals surface area contributed by atoms with Crippen LogP contribution in [-0.2, 0) is 6.54 Å². The van der Waals surface area contributed by atoms with Crippen LogP contribution in [-0.4, -0.2) is 23.2 Å². The molecule has 0 fully saturated rings. The third-order valence-corrected chi connectivity index (χ3v) is 2.12. The van der Waals surface area contributed by atoms with E-state index in [2.05, 4.69) is 15.5 Å². The summed E-state index contributed by atoms with van der Waals surface area (Å²) in [4.78, 5) is 15.5. The number of pyridine rings is 1. The zero-order valence-electron chi connectivity index (χ0n) is 9.21. The third-order valence-electron chi connectivity index (χ3n) is 2.12. The van der Waals surface area contributed by atoms with Crippen LogP contribution < -0.4 is 10.1 Å². The van der Waals surface area contributed by atoms with E-state index in [1.165, 1.54) is 13.2 Å². The Hall–Kier alpha value is -2.37. The number of hydrogen-bond donors (Lipinski definition) is 1. The number of nitrogens with zero attached hydrogens (tertiary/aromatic N) is 2. The summed E-state index contributed by atoms with van der Waals surface area (Å²) in [6, 6.07) is 5.07. The van der Waals surface area contributed by atoms with Crippen LogP contribution in [0.25, 0.3) is 0 Å². The highest BCUT2D eigenvalue weighted by molar-refractivity contribution is 5.91. The quantitative estimate of drug-likeness (QED) is 0.852. The minimum absolute atomic E-state index is 0.121. The SMILES string of the molecule is COc1cc(C(=O)NCc2ccncc2)on1. The van der Waals surface area contributed by atoms with Gasteiger partial charge in [0.25, 0.3) is 11.8 Å². The largest absolute Gasteiger partial charge is 0.479 e. The van der Waals surface area contributed by atoms with E-state index < -0.39 is 0 Å². The number of methoxy groups -OCH3 is 1. The number of hydrogen-bond acceptors (Lipinski definition) is 5. The van der Waals surface area contributed by atoms with Gasteiger partial charge in [0.15, 0.2) is 0 Å². The lowest BCUT2D eigenvalue weighted by Crippen LogP contribution is -2.22. The lowest BCUT2D eigenvalue weighted by molar-refractivity contribution is 0.0913. The van der Waals surface area contributed by atoms with E-state index in [0.29, 0.717) is 6.54 Å². The summed E-state index contributed by atoms with van der Waals surface area (Å²) in [6.45, 7) is 0.407. The maximum absolute atomic E-state index is 11.6. The molecule has 0 radical (unpaired) electrons. The molecule has 0 saturated carbocycles. The summed E-state index contributed by atoms with van der Waals surface area (Å²) in [5.41, 5.74) is 0.958. The molecule has 88 valence electrons. The molecule has 17 heavy (non-hydrogen) atoms. The maximum atomic E-state index is 11.6. The van der Waals surface area contributed by atoms with Gasteiger partial charge < -0.3 is 14.6 Å². The Kier molecular flexibility index (Phi) is 3.34. The summed E-state index contributed by atoms with van der Waals surface area (Å²) in [6.07, 6.45) is 3.33. The molecule has 0 aliphatic heterocycles. The van der Waals surface area contributed by atoms with Crippen molar-refractivity contribution in [1.82, 2.24) is 15.5 Å². The van der Waals surface area contributed by atoms with Crippen molar-refractivity contribution in [3.05, 3.63) is 41.9 Å². The van der Waals surface area contributed by atoms with Gasteiger partial charge in [0.1, 0.15) is 0 Å². The van der Waals surface area contributed by atoms with Crippen molar-refractivity contribution in [3.63, 3.8) is 0 Å². The fourth-order valence-electron chi connectivity index (χ4n) is 1.23. The molecule has 2 aromatic heterocycles. The van der Waals surface area contributed by atoms with Crippen LogP contribution in [0.15, 0.2) is 35.1 Å². The Morgan fingerprint density at radius 1 is 1.47 bits per heavy atom. The van der Waals surface area contributed by atoms with Crippen LogP contribution in [0.5, 0.6) is 5.88 Å². The number of carbonyl (C=O) groups is 1. The molecule has 6 heteroatoms. The van der Waals surface area contributed by atoms with Gasteiger partial charge in [-0.1, -0.05) is 0 Å². The van der Waals surface area contributed by atoms with Gasteiger partial charge in [-0.25, -0.2) is 0 Å². The number of amides is 1. The first kappa shape index (κ1) is 11.1. The number of ether oxygens (including phenoxy) is 1. The lowest BCUT2D eigenvalue weighted by Gasteiger charge is -2.01. The fourth-order valence-corrected chi connectivity index (χ4v) is 1.23. The molecule has 0 aliphatic rings. The Morgan fingerprint density at radius 2 is 2.24 bits per heavy atom. The van der Waals surface area contributed by atoms with Crippen LogP contribution in [0.4, 0.5) is 0 Å². The molecule has 0 atom stereocenters. The monoisotopic (exact) mass is 233 g/mol. The second-order valence-electron chi connectivity index (χ2n) is 3.27. The van der Waals surface area contributed by atoms with Crippen molar-refractivity contribution in [2.24, 2.45) is 0 Å². The van der Waals surface area contributed by atoms with Crippen LogP contribution in [0.3, 0.4) is 0 Å². The number of aromatic nitrogens is 2. The average molecular weight is 233 g/mol. The molecule has 0 unspecified atom stereocenters. The summed E-state index contributed by atoms with van der Waals surface area (Å²) in [7, 11) is 1.45. The van der Waals surface area contributed by atoms with Gasteiger partial charge in [-0.3, -0.25) is 9.78 Å². The van der Waals surface area contributed by atoms with E-state index in [-0.39, 0.29) is 17.5 Å². The summed E-state index contributed by atoms with van der Waals surface area (Å²) in [5.74, 6) is 0.0626. The maximum Gasteiger partial charge on any atom is 0.290 e. The molecule has 1 N–H and O–H groups in total. The van der Waals surface area contributed by atoms with Gasteiger partial charge >= 0.3 is 0 Å². The van der Waals surface area contributed by atoms with E-state index in [0.717, 1.165) is 5.56 Å². The average Bonchev–Trinajstić information content (AvgIpc) is 2.86. The predicted molar refractivity (Wildman–Crippen MR) is 58.5 cm³/mol. The van der Waals surface area contributed by atoms with E-state index in [4.69, 9.17) is 9.26 Å². The van der Waals surface area contributed by atoms with Crippen LogP contribution in [0, 0.1) is 0 Å². The first-order valence-corrected chi connectivity index (χ1v) is 4.97. The van der Waals surface area contributed by atoms with Crippen molar-refractivity contribution in [3.8, 4) is 5.88 Å². The summed E-state index contributed by atoms with van der Waals surface area (Å²) in [5, 5.41) is 6.24. The zero-order valence-corrected chi connectivity index (χ0v) is 9.21. The topological polar surface area (TPSA) is 77.2 Å². The van der Waals surface area contributed by atoms with Gasteiger partial charge in [0, 0.05) is 18.9 Å². The Balaban J connectivity index is 1.93. The molecule has 6 nitrogen and oxygen atoms in total. The highest BCUT2D eigenvalue weighted by Gasteiger charge is 2.12. The Morgan fingerprint density at radius 3 is 2.88 bits per heavy atom. The Labute approximate surface area is 97.6 Å². The molecule has 2 aromatic rings. The van der Waals surface area contributed by atoms with E-state index in [1.807, 2.05) is 12.1 Å². The number of nitrogens with one attached hydrogen (secondary N) is 1. The van der Waals surface area contributed by atoms with Crippen LogP contribution in [0.1, 0.15) is 16.1 Å². The Bertz CT molecular complexity index is 496. The van der Waals surface area contributed by atoms with E-state index >= 15 is 0 Å². The van der Waals surface area contributed by atoms with E-state index in [1.54, 1.807) is 12.4 Å². The van der Waals surface area contributed by atoms with Gasteiger partial charge in [-0.2, -0.15) is 0 Å². The highest BCUT2D eigenvalue weighted by atomic mass is 16.5. The molecule has 2 heterocycles. The second-order valence-corrected chi connectivity index (χ2v) is 3.27. The van der Waals surface area contributed by atoms with Gasteiger partial charge in [-0.15, -0.1) is 0 Å². The standard InChI is InChI=1S/C11H11N3O3/c1-16-10-6-9(17-14-10)11(15)13-7-8-2-4-12-5-3-8/h2-6H,7H2,1H3,(H,13,15). The zero-order chi connectivity index (χ0) is 12.1. The molecule has 1 amide bonds. The molecule has 0 bridgehead atoms. The van der Waals surface area contributed by atoms with Crippen LogP contribution in [0.2, 0.25) is 0 Å². The number of rotatable bonds is 4. The second kappa shape index (κ2) is 5.11. The molecule has 0 aliphatic carbocycles. The van der Waals surface area contributed by atoms with Gasteiger partial charge in [-0.05, 0) is 22.9 Å². The summed E-state index contributed by atoms with van der Waals surface area (Å²) < 4.78 is 9.62. The smallest absolute Gasteiger partial charge is 0.290 e. The van der Waals surface area contributed by atoms with Crippen molar-refractivity contribution in [2.45, 2.75) is 6.54 Å². The normalized spacial score (nSPS) is 9.94. The summed E-state index contributed by atoms with van der Waals surface area (Å²) >= 11 is 0. The highest BCUT2D eigenvalue weighted by Crippen LogP contribution is 2.10. The molecule has 0 spiro atoms. The number of carbonyl (C=O) groups excluding carboxylic acids is 1. The first-order valence-electron chi connectivity index (χ1n) is 4.97. The fraction of sp³-hybridized carbons (Fsp3) is 0.182. The molecular formula is C11H11N3O3. The van der Waals surface area contributed by atoms with Crippen molar-refractivity contribution >= 4 is 5.91 Å². The van der Waals surface area contributed by atoms with Crippen LogP contribution >= 0.6 is 0 Å². The van der Waals surface area contributed by atoms with Crippen molar-refractivity contribution < 1.29 is 14.1 Å². The minimum Gasteiger partial charge on any atom is -0.479 e. The molecular weight excluding hydrogens is 222 g/mol. The van der Waals surface area contributed by atoms with Gasteiger partial charge in [0.05, 0.1) is 13.2 Å². The third kappa shape index (κ3) is 2.81. The predicted octanol–water partition coefficient (Wildman–Crippen LogP) is 1.01. The van der Waals surface area contributed by atoms with Crippen molar-refractivity contribution in [1.29, 1.82) is 0 Å². The minimum atomic E-state index is -0.336. The molecule has 0 saturated heterocycles. The first-order chi connectivity index (χ1) is 8.29. The van der Waals surface area contributed by atoms with Gasteiger partial charge in [0.2, 0.25) is 5.76 Å². The molecule has 0 aromatic carbocycles. The lowest BCUT2D eigenvalue weighted by atomic mass is 10.2. The molecule has 2 rings (SSSR count).